The summed E-state index contributed by atoms with van der Waals surface area (Å²) >= 11 is 0. The maximum atomic E-state index is 12.9. The highest BCUT2D eigenvalue weighted by molar-refractivity contribution is 5.71. The zero-order chi connectivity index (χ0) is 55.0. The van der Waals surface area contributed by atoms with Crippen molar-refractivity contribution in [1.82, 2.24) is 0 Å². The Balaban J connectivity index is 4.46. The van der Waals surface area contributed by atoms with Crippen molar-refractivity contribution in [3.63, 3.8) is 0 Å². The standard InChI is InChI=1S/C70H120O6/c1-4-7-10-13-16-19-22-25-28-31-33-35-37-39-42-45-48-51-54-57-60-63-69(72)75-66-67(65-74-68(71)62-59-56-53-50-47-44-41-30-27-24-21-18-15-12-9-6-3)76-70(73)64-61-58-55-52-49-46-43-40-38-36-34-32-29-26-23-20-17-14-11-8-5-2/h21-26,30-34,37-41,67H,4-20,27-29,35-36,42-66H2,1-3H3/b24-21-,25-22-,26-23-,33-31-,34-32-,39-37-,40-38-,41-30-. The SMILES string of the molecule is CCCCCC/C=C\C/C=C\CCCCCCCC(=O)OCC(COC(=O)CCCCCCCC/C=C\C/C=C\C/C=C\CCCCCCC)OC(=O)CCCCCCCC/C=C\C/C=C\C/C=C\CCCCCCC. The molecular formula is C70H120O6. The molecule has 0 amide bonds. The lowest BCUT2D eigenvalue weighted by molar-refractivity contribution is -0.167. The molecule has 0 aliphatic carbocycles. The van der Waals surface area contributed by atoms with Crippen molar-refractivity contribution in [2.75, 3.05) is 13.2 Å². The Kier molecular flexibility index (Phi) is 60.8. The van der Waals surface area contributed by atoms with Gasteiger partial charge in [-0.2, -0.15) is 0 Å². The van der Waals surface area contributed by atoms with E-state index in [1.165, 1.54) is 141 Å². The summed E-state index contributed by atoms with van der Waals surface area (Å²) in [5.74, 6) is -0.924. The van der Waals surface area contributed by atoms with E-state index < -0.39 is 6.10 Å². The van der Waals surface area contributed by atoms with E-state index in [4.69, 9.17) is 14.2 Å². The minimum atomic E-state index is -0.799. The number of hydrogen-bond acceptors (Lipinski definition) is 6. The summed E-state index contributed by atoms with van der Waals surface area (Å²) in [7, 11) is 0. The summed E-state index contributed by atoms with van der Waals surface area (Å²) in [5, 5.41) is 0. The van der Waals surface area contributed by atoms with Crippen LogP contribution in [0, 0.1) is 0 Å². The molecule has 0 aromatic carbocycles. The molecule has 0 aliphatic rings. The number of unbranched alkanes of at least 4 members (excludes halogenated alkanes) is 31. The summed E-state index contributed by atoms with van der Waals surface area (Å²) in [6, 6.07) is 0. The molecule has 0 bridgehead atoms. The average molecular weight is 1060 g/mol. The predicted molar refractivity (Wildman–Crippen MR) is 330 cm³/mol. The second kappa shape index (κ2) is 63.9. The number of carbonyl (C=O) groups is 3. The number of ether oxygens (including phenoxy) is 3. The molecule has 6 nitrogen and oxygen atoms in total. The van der Waals surface area contributed by atoms with E-state index in [0.717, 1.165) is 128 Å². The van der Waals surface area contributed by atoms with Gasteiger partial charge in [-0.15, -0.1) is 0 Å². The van der Waals surface area contributed by atoms with Gasteiger partial charge in [0.1, 0.15) is 13.2 Å². The van der Waals surface area contributed by atoms with Crippen molar-refractivity contribution in [2.24, 2.45) is 0 Å². The number of carbonyl (C=O) groups excluding carboxylic acids is 3. The van der Waals surface area contributed by atoms with Crippen molar-refractivity contribution in [2.45, 2.75) is 316 Å². The Morgan fingerprint density at radius 3 is 0.750 bits per heavy atom. The summed E-state index contributed by atoms with van der Waals surface area (Å²) in [6.45, 7) is 6.59. The van der Waals surface area contributed by atoms with Crippen LogP contribution in [0.1, 0.15) is 310 Å². The molecule has 1 atom stereocenters. The third-order valence-corrected chi connectivity index (χ3v) is 13.8. The zero-order valence-corrected chi connectivity index (χ0v) is 50.0. The summed E-state index contributed by atoms with van der Waals surface area (Å²) < 4.78 is 16.9. The average Bonchev–Trinajstić information content (AvgIpc) is 3.42. The molecule has 0 aromatic heterocycles. The fourth-order valence-electron chi connectivity index (χ4n) is 8.90. The molecule has 0 radical (unpaired) electrons. The molecule has 1 unspecified atom stereocenters. The van der Waals surface area contributed by atoms with Crippen molar-refractivity contribution in [1.29, 1.82) is 0 Å². The molecule has 0 spiro atoms. The quantitative estimate of drug-likeness (QED) is 0.0261. The molecule has 76 heavy (non-hydrogen) atoms. The molecule has 0 N–H and O–H groups in total. The lowest BCUT2D eigenvalue weighted by Gasteiger charge is -2.18. The summed E-state index contributed by atoms with van der Waals surface area (Å²) in [4.78, 5) is 38.3. The van der Waals surface area contributed by atoms with E-state index in [1.54, 1.807) is 0 Å². The molecular weight excluding hydrogens is 937 g/mol. The van der Waals surface area contributed by atoms with Crippen LogP contribution in [0.15, 0.2) is 97.2 Å². The highest BCUT2D eigenvalue weighted by Crippen LogP contribution is 2.15. The molecule has 0 heterocycles. The number of rotatable bonds is 58. The Bertz CT molecular complexity index is 1490. The normalized spacial score (nSPS) is 12.7. The second-order valence-corrected chi connectivity index (χ2v) is 21.3. The van der Waals surface area contributed by atoms with Gasteiger partial charge < -0.3 is 14.2 Å². The first kappa shape index (κ1) is 72.3. The van der Waals surface area contributed by atoms with Gasteiger partial charge in [-0.3, -0.25) is 14.4 Å². The van der Waals surface area contributed by atoms with Crippen LogP contribution in [0.4, 0.5) is 0 Å². The molecule has 6 heteroatoms. The molecule has 0 fully saturated rings. The van der Waals surface area contributed by atoms with Crippen LogP contribution < -0.4 is 0 Å². The fraction of sp³-hybridized carbons (Fsp3) is 0.729. The van der Waals surface area contributed by atoms with Crippen molar-refractivity contribution in [3.8, 4) is 0 Å². The van der Waals surface area contributed by atoms with Gasteiger partial charge in [-0.1, -0.05) is 259 Å². The molecule has 0 saturated carbocycles. The van der Waals surface area contributed by atoms with E-state index in [9.17, 15) is 14.4 Å². The number of esters is 3. The number of allylic oxidation sites excluding steroid dienone is 16. The van der Waals surface area contributed by atoms with E-state index in [2.05, 4.69) is 118 Å². The van der Waals surface area contributed by atoms with E-state index in [-0.39, 0.29) is 31.1 Å². The first-order valence-corrected chi connectivity index (χ1v) is 32.2. The van der Waals surface area contributed by atoms with Crippen molar-refractivity contribution >= 4 is 17.9 Å². The summed E-state index contributed by atoms with van der Waals surface area (Å²) in [5.41, 5.74) is 0. The van der Waals surface area contributed by atoms with Gasteiger partial charge in [0, 0.05) is 19.3 Å². The third-order valence-electron chi connectivity index (χ3n) is 13.8. The van der Waals surface area contributed by atoms with Gasteiger partial charge in [0.05, 0.1) is 0 Å². The monoisotopic (exact) mass is 1060 g/mol. The highest BCUT2D eigenvalue weighted by atomic mass is 16.6. The molecule has 0 aliphatic heterocycles. The Morgan fingerprint density at radius 1 is 0.263 bits per heavy atom. The molecule has 436 valence electrons. The zero-order valence-electron chi connectivity index (χ0n) is 50.0. The summed E-state index contributed by atoms with van der Waals surface area (Å²) in [6.07, 6.45) is 85.4. The van der Waals surface area contributed by atoms with Crippen LogP contribution in [0.3, 0.4) is 0 Å². The molecule has 0 saturated heterocycles. The van der Waals surface area contributed by atoms with Crippen LogP contribution in [-0.2, 0) is 28.6 Å². The smallest absolute Gasteiger partial charge is 0.306 e. The minimum absolute atomic E-state index is 0.0946. The van der Waals surface area contributed by atoms with E-state index in [1.807, 2.05) is 0 Å². The van der Waals surface area contributed by atoms with Crippen LogP contribution in [-0.4, -0.2) is 37.2 Å². The topological polar surface area (TPSA) is 78.9 Å². The van der Waals surface area contributed by atoms with Crippen molar-refractivity contribution in [3.05, 3.63) is 97.2 Å². The first-order valence-electron chi connectivity index (χ1n) is 32.2. The Morgan fingerprint density at radius 2 is 0.474 bits per heavy atom. The highest BCUT2D eigenvalue weighted by Gasteiger charge is 2.19. The predicted octanol–water partition coefficient (Wildman–Crippen LogP) is 22.0. The van der Waals surface area contributed by atoms with Gasteiger partial charge in [0.2, 0.25) is 0 Å². The third kappa shape index (κ3) is 61.2. The lowest BCUT2D eigenvalue weighted by Crippen LogP contribution is -2.30. The van der Waals surface area contributed by atoms with Gasteiger partial charge >= 0.3 is 17.9 Å². The maximum absolute atomic E-state index is 12.9. The van der Waals surface area contributed by atoms with Gasteiger partial charge in [-0.25, -0.2) is 0 Å². The lowest BCUT2D eigenvalue weighted by atomic mass is 10.1. The van der Waals surface area contributed by atoms with Crippen LogP contribution in [0.25, 0.3) is 0 Å². The Labute approximate surface area is 470 Å². The minimum Gasteiger partial charge on any atom is -0.462 e. The Hall–Kier alpha value is -3.67. The molecule has 0 aromatic rings. The van der Waals surface area contributed by atoms with Crippen LogP contribution in [0.2, 0.25) is 0 Å². The maximum Gasteiger partial charge on any atom is 0.306 e. The van der Waals surface area contributed by atoms with E-state index in [0.29, 0.717) is 19.3 Å². The van der Waals surface area contributed by atoms with Crippen LogP contribution >= 0.6 is 0 Å². The van der Waals surface area contributed by atoms with Gasteiger partial charge in [-0.05, 0) is 128 Å². The first-order chi connectivity index (χ1) is 37.5. The fourth-order valence-corrected chi connectivity index (χ4v) is 8.90. The molecule has 0 rings (SSSR count). The second-order valence-electron chi connectivity index (χ2n) is 21.3. The van der Waals surface area contributed by atoms with Crippen molar-refractivity contribution < 1.29 is 28.6 Å². The van der Waals surface area contributed by atoms with E-state index >= 15 is 0 Å². The van der Waals surface area contributed by atoms with Crippen LogP contribution in [0.5, 0.6) is 0 Å². The number of hydrogen-bond donors (Lipinski definition) is 0. The largest absolute Gasteiger partial charge is 0.462 e. The van der Waals surface area contributed by atoms with Gasteiger partial charge in [0.15, 0.2) is 6.10 Å². The van der Waals surface area contributed by atoms with Gasteiger partial charge in [0.25, 0.3) is 0 Å².